The van der Waals surface area contributed by atoms with E-state index in [4.69, 9.17) is 9.47 Å². The zero-order chi connectivity index (χ0) is 19.9. The summed E-state index contributed by atoms with van der Waals surface area (Å²) in [7, 11) is 1.63. The Kier molecular flexibility index (Phi) is 4.85. The maximum absolute atomic E-state index is 12.0. The molecule has 3 aliphatic heterocycles. The second-order valence-corrected chi connectivity index (χ2v) is 7.77. The molecule has 0 radical (unpaired) electrons. The average molecular weight is 382 g/mol. The summed E-state index contributed by atoms with van der Waals surface area (Å²) < 4.78 is 11.2. The quantitative estimate of drug-likeness (QED) is 0.633. The minimum Gasteiger partial charge on any atom is -0.497 e. The number of aliphatic hydroxyl groups is 1. The Labute approximate surface area is 164 Å². The molecule has 0 spiro atoms. The van der Waals surface area contributed by atoms with Crippen molar-refractivity contribution in [3.63, 3.8) is 0 Å². The number of nitrogens with zero attached hydrogens (tertiary/aromatic N) is 2. The molecule has 4 heterocycles. The number of esters is 1. The van der Waals surface area contributed by atoms with Crippen LogP contribution >= 0.6 is 0 Å². The van der Waals surface area contributed by atoms with E-state index >= 15 is 0 Å². The molecule has 1 aromatic carbocycles. The predicted octanol–water partition coefficient (Wildman–Crippen LogP) is 2.86. The molecule has 2 bridgehead atoms. The van der Waals surface area contributed by atoms with E-state index in [9.17, 15) is 9.90 Å². The Morgan fingerprint density at radius 1 is 1.46 bits per heavy atom. The van der Waals surface area contributed by atoms with Crippen molar-refractivity contribution in [1.29, 1.82) is 0 Å². The molecule has 6 heteroatoms. The molecule has 1 N–H and O–H groups in total. The molecule has 3 saturated heterocycles. The van der Waals surface area contributed by atoms with Gasteiger partial charge in [-0.3, -0.25) is 14.7 Å². The number of ether oxygens (including phenoxy) is 2. The second kappa shape index (κ2) is 7.18. The maximum Gasteiger partial charge on any atom is 0.303 e. The van der Waals surface area contributed by atoms with E-state index in [1.54, 1.807) is 19.4 Å². The highest BCUT2D eigenvalue weighted by atomic mass is 16.5. The average Bonchev–Trinajstić information content (AvgIpc) is 2.71. The Balaban J connectivity index is 1.77. The standard InChI is InChI=1S/C22H26N2O4/c1-4-22(26)13-24-10-8-15(22)11-20(24)21(28-14(2)25)17-7-9-23-19-6-5-16(27-3)12-18(17)19/h4-7,9,12,15,20-21,26H,1,8,10-11,13H2,2-3H3/t15-,20-,21+,22-/m0/s1. The summed E-state index contributed by atoms with van der Waals surface area (Å²) in [5.41, 5.74) is 0.867. The van der Waals surface area contributed by atoms with Crippen LogP contribution in [-0.2, 0) is 9.53 Å². The number of fused-ring (bicyclic) bond motifs is 4. The highest BCUT2D eigenvalue weighted by molar-refractivity contribution is 5.84. The van der Waals surface area contributed by atoms with Gasteiger partial charge >= 0.3 is 5.97 Å². The number of rotatable bonds is 5. The summed E-state index contributed by atoms with van der Waals surface area (Å²) in [5.74, 6) is 0.523. The van der Waals surface area contributed by atoms with E-state index in [1.165, 1.54) is 6.92 Å². The molecule has 0 amide bonds. The lowest BCUT2D eigenvalue weighted by atomic mass is 9.70. The number of hydrogen-bond donors (Lipinski definition) is 1. The number of carbonyl (C=O) groups excluding carboxylic acids is 1. The molecule has 0 saturated carbocycles. The monoisotopic (exact) mass is 382 g/mol. The van der Waals surface area contributed by atoms with Crippen LogP contribution in [0.15, 0.2) is 43.1 Å². The first-order valence-electron chi connectivity index (χ1n) is 9.65. The van der Waals surface area contributed by atoms with Crippen LogP contribution in [0.25, 0.3) is 10.9 Å². The van der Waals surface area contributed by atoms with Gasteiger partial charge in [0.2, 0.25) is 0 Å². The topological polar surface area (TPSA) is 71.9 Å². The van der Waals surface area contributed by atoms with Crippen LogP contribution in [0.2, 0.25) is 0 Å². The summed E-state index contributed by atoms with van der Waals surface area (Å²) in [6.45, 7) is 6.65. The summed E-state index contributed by atoms with van der Waals surface area (Å²) in [6, 6.07) is 7.63. The van der Waals surface area contributed by atoms with Crippen LogP contribution < -0.4 is 4.74 Å². The smallest absolute Gasteiger partial charge is 0.303 e. The summed E-state index contributed by atoms with van der Waals surface area (Å²) in [5, 5.41) is 11.8. The van der Waals surface area contributed by atoms with Crippen LogP contribution in [0.5, 0.6) is 5.75 Å². The lowest BCUT2D eigenvalue weighted by molar-refractivity contribution is -0.163. The van der Waals surface area contributed by atoms with Gasteiger partial charge in [0.1, 0.15) is 11.9 Å². The molecule has 148 valence electrons. The van der Waals surface area contributed by atoms with Crippen molar-refractivity contribution in [2.75, 3.05) is 20.2 Å². The molecule has 5 rings (SSSR count). The number of piperidine rings is 3. The van der Waals surface area contributed by atoms with Gasteiger partial charge in [-0.1, -0.05) is 6.08 Å². The zero-order valence-corrected chi connectivity index (χ0v) is 16.3. The van der Waals surface area contributed by atoms with E-state index in [-0.39, 0.29) is 17.9 Å². The minimum atomic E-state index is -0.876. The van der Waals surface area contributed by atoms with Gasteiger partial charge in [-0.2, -0.15) is 0 Å². The van der Waals surface area contributed by atoms with Crippen LogP contribution in [0.4, 0.5) is 0 Å². The van der Waals surface area contributed by atoms with Crippen LogP contribution in [-0.4, -0.2) is 52.8 Å². The van der Waals surface area contributed by atoms with Gasteiger partial charge in [0, 0.05) is 30.6 Å². The normalized spacial score (nSPS) is 30.0. The number of pyridine rings is 1. The summed E-state index contributed by atoms with van der Waals surface area (Å²) in [4.78, 5) is 18.6. The third kappa shape index (κ3) is 3.16. The number of aromatic nitrogens is 1. The molecular formula is C22H26N2O4. The molecule has 5 atom stereocenters. The van der Waals surface area contributed by atoms with E-state index in [1.807, 2.05) is 24.3 Å². The van der Waals surface area contributed by atoms with Crippen LogP contribution in [0, 0.1) is 5.92 Å². The molecule has 0 aliphatic carbocycles. The molecule has 1 unspecified atom stereocenters. The van der Waals surface area contributed by atoms with Gasteiger partial charge in [0.25, 0.3) is 0 Å². The van der Waals surface area contributed by atoms with Gasteiger partial charge in [0.05, 0.1) is 24.3 Å². The molecule has 3 fully saturated rings. The number of methoxy groups -OCH3 is 1. The van der Waals surface area contributed by atoms with Gasteiger partial charge in [-0.15, -0.1) is 6.58 Å². The summed E-state index contributed by atoms with van der Waals surface area (Å²) >= 11 is 0. The van der Waals surface area contributed by atoms with Gasteiger partial charge in [0.15, 0.2) is 0 Å². The van der Waals surface area contributed by atoms with Crippen LogP contribution in [0.3, 0.4) is 0 Å². The van der Waals surface area contributed by atoms with Crippen molar-refractivity contribution in [2.45, 2.75) is 37.5 Å². The fourth-order valence-corrected chi connectivity index (χ4v) is 4.75. The van der Waals surface area contributed by atoms with Crippen molar-refractivity contribution in [1.82, 2.24) is 9.88 Å². The second-order valence-electron chi connectivity index (χ2n) is 7.77. The maximum atomic E-state index is 12.0. The summed E-state index contributed by atoms with van der Waals surface area (Å²) in [6.07, 6.45) is 4.63. The highest BCUT2D eigenvalue weighted by Gasteiger charge is 2.50. The van der Waals surface area contributed by atoms with E-state index < -0.39 is 11.7 Å². The zero-order valence-electron chi connectivity index (χ0n) is 16.3. The SMILES string of the molecule is C=C[C@]1(O)CN2CC[C@H]1C[C@H]2[C@H](OC(C)=O)c1ccnc2ccc(OC)cc12. The Hall–Kier alpha value is -2.44. The minimum absolute atomic E-state index is 0.000300. The highest BCUT2D eigenvalue weighted by Crippen LogP contribution is 2.45. The number of benzene rings is 1. The molecule has 1 aromatic heterocycles. The van der Waals surface area contributed by atoms with Gasteiger partial charge < -0.3 is 14.6 Å². The number of hydrogen-bond acceptors (Lipinski definition) is 6. The lowest BCUT2D eigenvalue weighted by Crippen LogP contribution is -2.63. The predicted molar refractivity (Wildman–Crippen MR) is 106 cm³/mol. The largest absolute Gasteiger partial charge is 0.497 e. The van der Waals surface area contributed by atoms with Crippen molar-refractivity contribution >= 4 is 16.9 Å². The van der Waals surface area contributed by atoms with E-state index in [0.29, 0.717) is 6.54 Å². The number of carbonyl (C=O) groups is 1. The first-order valence-corrected chi connectivity index (χ1v) is 9.65. The third-order valence-corrected chi connectivity index (χ3v) is 6.21. The molecule has 3 aliphatic rings. The van der Waals surface area contributed by atoms with Crippen LogP contribution in [0.1, 0.15) is 31.4 Å². The van der Waals surface area contributed by atoms with Crippen molar-refractivity contribution in [3.8, 4) is 5.75 Å². The third-order valence-electron chi connectivity index (χ3n) is 6.21. The van der Waals surface area contributed by atoms with E-state index in [0.717, 1.165) is 41.6 Å². The molecule has 2 aromatic rings. The Morgan fingerprint density at radius 2 is 2.29 bits per heavy atom. The van der Waals surface area contributed by atoms with Crippen molar-refractivity contribution in [2.24, 2.45) is 5.92 Å². The lowest BCUT2D eigenvalue weighted by Gasteiger charge is -2.54. The van der Waals surface area contributed by atoms with Crippen molar-refractivity contribution in [3.05, 3.63) is 48.7 Å². The van der Waals surface area contributed by atoms with Gasteiger partial charge in [-0.25, -0.2) is 0 Å². The molecule has 6 nitrogen and oxygen atoms in total. The first kappa shape index (κ1) is 18.9. The fourth-order valence-electron chi connectivity index (χ4n) is 4.75. The molecular weight excluding hydrogens is 356 g/mol. The first-order chi connectivity index (χ1) is 13.4. The van der Waals surface area contributed by atoms with E-state index in [2.05, 4.69) is 16.5 Å². The van der Waals surface area contributed by atoms with Crippen molar-refractivity contribution < 1.29 is 19.4 Å². The fraction of sp³-hybridized carbons (Fsp3) is 0.455. The Bertz CT molecular complexity index is 915. The Morgan fingerprint density at radius 3 is 2.93 bits per heavy atom. The molecule has 28 heavy (non-hydrogen) atoms. The van der Waals surface area contributed by atoms with Gasteiger partial charge in [-0.05, 0) is 49.6 Å².